The van der Waals surface area contributed by atoms with Gasteiger partial charge in [0, 0.05) is 11.1 Å². The van der Waals surface area contributed by atoms with Crippen LogP contribution in [0.25, 0.3) is 21.9 Å². The van der Waals surface area contributed by atoms with Crippen molar-refractivity contribution in [1.82, 2.24) is 10.3 Å². The summed E-state index contributed by atoms with van der Waals surface area (Å²) in [7, 11) is 1.36. The van der Waals surface area contributed by atoms with Crippen molar-refractivity contribution in [2.24, 2.45) is 5.92 Å². The van der Waals surface area contributed by atoms with Gasteiger partial charge in [-0.05, 0) is 75.7 Å². The van der Waals surface area contributed by atoms with E-state index >= 15 is 0 Å². The number of carbonyl (C=O) groups excluding carboxylic acids is 2. The van der Waals surface area contributed by atoms with E-state index in [1.165, 1.54) is 25.5 Å². The van der Waals surface area contributed by atoms with Crippen molar-refractivity contribution in [3.05, 3.63) is 126 Å². The normalized spacial score (nSPS) is 14.1. The number of nitrogens with zero attached hydrogens (tertiary/aromatic N) is 1. The lowest BCUT2D eigenvalue weighted by molar-refractivity contribution is -0.141. The van der Waals surface area contributed by atoms with Gasteiger partial charge in [0.2, 0.25) is 0 Å². The van der Waals surface area contributed by atoms with E-state index in [1.54, 1.807) is 0 Å². The average molecular weight is 641 g/mol. The number of nitrogens with one attached hydrogen (secondary N) is 1. The largest absolute Gasteiger partial charge is 0.469 e. The monoisotopic (exact) mass is 640 g/mol. The van der Waals surface area contributed by atoms with Gasteiger partial charge in [-0.25, -0.2) is 4.98 Å². The third-order valence-corrected chi connectivity index (χ3v) is 9.35. The number of esters is 1. The maximum atomic E-state index is 13.9. The highest BCUT2D eigenvalue weighted by molar-refractivity contribution is 5.98. The van der Waals surface area contributed by atoms with Gasteiger partial charge in [-0.1, -0.05) is 119 Å². The van der Waals surface area contributed by atoms with E-state index in [-0.39, 0.29) is 17.7 Å². The van der Waals surface area contributed by atoms with Crippen molar-refractivity contribution >= 4 is 22.6 Å². The number of aromatic nitrogens is 1. The molecule has 1 amide bonds. The van der Waals surface area contributed by atoms with Gasteiger partial charge >= 0.3 is 5.97 Å². The fourth-order valence-electron chi connectivity index (χ4n) is 6.55. The molecule has 1 atom stereocenters. The van der Waals surface area contributed by atoms with Crippen molar-refractivity contribution in [1.29, 1.82) is 0 Å². The van der Waals surface area contributed by atoms with E-state index in [9.17, 15) is 9.59 Å². The van der Waals surface area contributed by atoms with E-state index in [0.29, 0.717) is 11.6 Å². The van der Waals surface area contributed by atoms with Gasteiger partial charge in [0.05, 0.1) is 19.6 Å². The molecule has 0 aliphatic heterocycles. The molecule has 6 rings (SSSR count). The van der Waals surface area contributed by atoms with Gasteiger partial charge in [-0.2, -0.15) is 0 Å². The Balaban J connectivity index is 1.28. The van der Waals surface area contributed by atoms with E-state index in [2.05, 4.69) is 50.4 Å². The smallest absolute Gasteiger partial charge is 0.307 e. The number of fused-ring (bicyclic) bond motifs is 1. The second-order valence-electron chi connectivity index (χ2n) is 13.9. The topological polar surface area (TPSA) is 77.5 Å². The number of carbonyl (C=O) groups is 2. The predicted octanol–water partition coefficient (Wildman–Crippen LogP) is 9.76. The van der Waals surface area contributed by atoms with Gasteiger partial charge in [0.25, 0.3) is 5.91 Å². The van der Waals surface area contributed by atoms with Crippen LogP contribution in [0.5, 0.6) is 11.5 Å². The number of ether oxygens (including phenoxy) is 2. The first-order chi connectivity index (χ1) is 23.2. The highest BCUT2D eigenvalue weighted by Gasteiger charge is 2.24. The minimum atomic E-state index is -0.578. The fraction of sp³-hybridized carbons (Fsp3) is 0.310. The molecule has 1 aliphatic rings. The summed E-state index contributed by atoms with van der Waals surface area (Å²) in [5.41, 5.74) is 5.52. The zero-order valence-electron chi connectivity index (χ0n) is 28.3. The van der Waals surface area contributed by atoms with Gasteiger partial charge in [-0.15, -0.1) is 0 Å². The van der Waals surface area contributed by atoms with E-state index < -0.39 is 12.0 Å². The summed E-state index contributed by atoms with van der Waals surface area (Å²) >= 11 is 0. The minimum absolute atomic E-state index is 0.00681. The first-order valence-corrected chi connectivity index (χ1v) is 16.9. The average Bonchev–Trinajstić information content (AvgIpc) is 3.61. The summed E-state index contributed by atoms with van der Waals surface area (Å²) in [6.07, 6.45) is 5.58. The summed E-state index contributed by atoms with van der Waals surface area (Å²) in [4.78, 5) is 31.3. The van der Waals surface area contributed by atoms with Crippen molar-refractivity contribution in [2.75, 3.05) is 7.11 Å². The van der Waals surface area contributed by atoms with Gasteiger partial charge in [0.15, 0.2) is 0 Å². The van der Waals surface area contributed by atoms with Crippen molar-refractivity contribution in [2.45, 2.75) is 70.8 Å². The Morgan fingerprint density at radius 2 is 1.50 bits per heavy atom. The molecule has 1 saturated carbocycles. The molecule has 1 heterocycles. The van der Waals surface area contributed by atoms with Crippen LogP contribution in [0.15, 0.2) is 103 Å². The van der Waals surface area contributed by atoms with Gasteiger partial charge in [0.1, 0.15) is 17.2 Å². The Morgan fingerprint density at radius 3 is 2.17 bits per heavy atom. The van der Waals surface area contributed by atoms with E-state index in [1.807, 2.05) is 78.9 Å². The molecule has 1 aromatic heterocycles. The number of methoxy groups -OCH3 is 1. The van der Waals surface area contributed by atoms with Crippen molar-refractivity contribution in [3.63, 3.8) is 0 Å². The molecule has 0 radical (unpaired) electrons. The molecule has 1 aliphatic carbocycles. The molecule has 5 aromatic rings. The summed E-state index contributed by atoms with van der Waals surface area (Å²) < 4.78 is 11.3. The SMILES string of the molecule is COC(=O)CC(NC(=O)c1cc2ccc(Oc3ccc(C(C)(C)C)cc3)cc2c(CC2CCCC2)n1)c1ccc(-c2ccccc2)cc1. The molecular formula is C42H44N2O4. The van der Waals surface area contributed by atoms with Gasteiger partial charge < -0.3 is 14.8 Å². The second-order valence-corrected chi connectivity index (χ2v) is 13.9. The van der Waals surface area contributed by atoms with Crippen LogP contribution < -0.4 is 10.1 Å². The van der Waals surface area contributed by atoms with Gasteiger partial charge in [-0.3, -0.25) is 9.59 Å². The first-order valence-electron chi connectivity index (χ1n) is 16.9. The lowest BCUT2D eigenvalue weighted by atomic mass is 9.87. The molecule has 4 aromatic carbocycles. The van der Waals surface area contributed by atoms with Crippen LogP contribution in [0, 0.1) is 5.92 Å². The van der Waals surface area contributed by atoms with E-state index in [4.69, 9.17) is 14.5 Å². The molecule has 1 N–H and O–H groups in total. The molecule has 1 unspecified atom stereocenters. The van der Waals surface area contributed by atoms with Crippen molar-refractivity contribution in [3.8, 4) is 22.6 Å². The number of benzene rings is 4. The lowest BCUT2D eigenvalue weighted by Crippen LogP contribution is -2.31. The Hall–Kier alpha value is -4.97. The third-order valence-electron chi connectivity index (χ3n) is 9.35. The number of hydrogen-bond donors (Lipinski definition) is 1. The predicted molar refractivity (Wildman–Crippen MR) is 191 cm³/mol. The highest BCUT2D eigenvalue weighted by atomic mass is 16.5. The fourth-order valence-corrected chi connectivity index (χ4v) is 6.55. The molecule has 0 bridgehead atoms. The maximum Gasteiger partial charge on any atom is 0.307 e. The quantitative estimate of drug-likeness (QED) is 0.154. The molecular weight excluding hydrogens is 596 g/mol. The summed E-state index contributed by atoms with van der Waals surface area (Å²) in [5, 5.41) is 5.01. The van der Waals surface area contributed by atoms with Crippen LogP contribution in [0.3, 0.4) is 0 Å². The Bertz CT molecular complexity index is 1870. The number of pyridine rings is 1. The summed E-state index contributed by atoms with van der Waals surface area (Å²) in [5.74, 6) is 1.31. The second kappa shape index (κ2) is 14.4. The highest BCUT2D eigenvalue weighted by Crippen LogP contribution is 2.34. The van der Waals surface area contributed by atoms with Crippen LogP contribution in [0.4, 0.5) is 0 Å². The standard InChI is InChI=1S/C42H44N2O4/c1-42(2,3)33-19-22-34(23-20-33)48-35-21-18-32-25-39(43-38(36(32)26-35)24-28-10-8-9-11-28)41(46)44-37(27-40(45)47-4)31-16-14-30(15-17-31)29-12-6-5-7-13-29/h5-7,12-23,25-26,28,37H,8-11,24,27H2,1-4H3,(H,44,46). The van der Waals surface area contributed by atoms with Crippen molar-refractivity contribution < 1.29 is 19.1 Å². The maximum absolute atomic E-state index is 13.9. The lowest BCUT2D eigenvalue weighted by Gasteiger charge is -2.20. The number of hydrogen-bond acceptors (Lipinski definition) is 5. The Morgan fingerprint density at radius 1 is 0.833 bits per heavy atom. The zero-order chi connectivity index (χ0) is 33.7. The van der Waals surface area contributed by atoms with Crippen LogP contribution in [0.2, 0.25) is 0 Å². The summed E-state index contributed by atoms with van der Waals surface area (Å²) in [6, 6.07) is 33.5. The Labute approximate surface area is 283 Å². The minimum Gasteiger partial charge on any atom is -0.469 e. The molecule has 246 valence electrons. The van der Waals surface area contributed by atoms with Crippen LogP contribution in [-0.2, 0) is 21.4 Å². The molecule has 1 fully saturated rings. The molecule has 0 spiro atoms. The van der Waals surface area contributed by atoms with Crippen LogP contribution in [-0.4, -0.2) is 24.0 Å². The molecule has 6 nitrogen and oxygen atoms in total. The molecule has 0 saturated heterocycles. The molecule has 6 heteroatoms. The van der Waals surface area contributed by atoms with Crippen LogP contribution in [0.1, 0.15) is 86.2 Å². The third kappa shape index (κ3) is 7.93. The summed E-state index contributed by atoms with van der Waals surface area (Å²) in [6.45, 7) is 6.59. The zero-order valence-corrected chi connectivity index (χ0v) is 28.3. The first kappa shape index (κ1) is 33.0. The van der Waals surface area contributed by atoms with E-state index in [0.717, 1.165) is 63.9 Å². The van der Waals surface area contributed by atoms with Crippen LogP contribution >= 0.6 is 0 Å². The number of rotatable bonds is 10. The number of amides is 1. The Kier molecular flexibility index (Phi) is 9.90. The molecule has 48 heavy (non-hydrogen) atoms.